The van der Waals surface area contributed by atoms with Gasteiger partial charge in [-0.05, 0) is 72.1 Å². The minimum atomic E-state index is -0.293. The lowest BCUT2D eigenvalue weighted by Crippen LogP contribution is -2.27. The van der Waals surface area contributed by atoms with Crippen molar-refractivity contribution in [1.29, 1.82) is 0 Å². The molecular formula is C26H23NO3S. The standard InChI is InChI=1S/C26H23NO3S/c1-3-19-8-12-22(13-9-19)27-25(28)24(31-26(27)29)16-20-10-14-23(15-11-20)30-17-21-6-4-18(2)5-7-21/h4-16H,3,17H2,1-2H3/b24-16-. The Morgan fingerprint density at radius 2 is 1.52 bits per heavy atom. The van der Waals surface area contributed by atoms with E-state index in [-0.39, 0.29) is 11.1 Å². The predicted molar refractivity (Wildman–Crippen MR) is 126 cm³/mol. The summed E-state index contributed by atoms with van der Waals surface area (Å²) >= 11 is 0.962. The Balaban J connectivity index is 1.43. The van der Waals surface area contributed by atoms with Crippen LogP contribution in [0.15, 0.2) is 77.7 Å². The summed E-state index contributed by atoms with van der Waals surface area (Å²) in [6.45, 7) is 4.62. The maximum absolute atomic E-state index is 12.8. The first-order chi connectivity index (χ1) is 15.0. The van der Waals surface area contributed by atoms with Crippen LogP contribution in [0.4, 0.5) is 10.5 Å². The number of nitrogens with zero attached hydrogens (tertiary/aromatic N) is 1. The quantitative estimate of drug-likeness (QED) is 0.427. The Bertz CT molecular complexity index is 1120. The van der Waals surface area contributed by atoms with Crippen molar-refractivity contribution in [3.63, 3.8) is 0 Å². The van der Waals surface area contributed by atoms with Gasteiger partial charge >= 0.3 is 0 Å². The van der Waals surface area contributed by atoms with Gasteiger partial charge in [-0.15, -0.1) is 0 Å². The molecule has 1 saturated heterocycles. The van der Waals surface area contributed by atoms with E-state index in [0.29, 0.717) is 17.2 Å². The fraction of sp³-hybridized carbons (Fsp3) is 0.154. The summed E-state index contributed by atoms with van der Waals surface area (Å²) in [5, 5.41) is -0.279. The summed E-state index contributed by atoms with van der Waals surface area (Å²) < 4.78 is 5.83. The number of hydrogen-bond acceptors (Lipinski definition) is 4. The maximum atomic E-state index is 12.8. The van der Waals surface area contributed by atoms with Crippen molar-refractivity contribution in [2.75, 3.05) is 4.90 Å². The van der Waals surface area contributed by atoms with Gasteiger partial charge in [-0.3, -0.25) is 9.59 Å². The Morgan fingerprint density at radius 1 is 0.871 bits per heavy atom. The monoisotopic (exact) mass is 429 g/mol. The third-order valence-electron chi connectivity index (χ3n) is 5.10. The first-order valence-electron chi connectivity index (χ1n) is 10.2. The number of anilines is 1. The van der Waals surface area contributed by atoms with Crippen molar-refractivity contribution in [1.82, 2.24) is 0 Å². The van der Waals surface area contributed by atoms with Crippen LogP contribution >= 0.6 is 11.8 Å². The van der Waals surface area contributed by atoms with E-state index >= 15 is 0 Å². The van der Waals surface area contributed by atoms with Crippen LogP contribution in [-0.4, -0.2) is 11.1 Å². The van der Waals surface area contributed by atoms with Crippen LogP contribution in [0.2, 0.25) is 0 Å². The van der Waals surface area contributed by atoms with E-state index in [1.54, 1.807) is 6.08 Å². The summed E-state index contributed by atoms with van der Waals surface area (Å²) in [4.78, 5) is 26.9. The molecule has 156 valence electrons. The fourth-order valence-electron chi connectivity index (χ4n) is 3.23. The van der Waals surface area contributed by atoms with E-state index in [0.717, 1.165) is 40.6 Å². The number of amides is 2. The molecule has 0 aromatic heterocycles. The van der Waals surface area contributed by atoms with Gasteiger partial charge in [0.05, 0.1) is 10.6 Å². The van der Waals surface area contributed by atoms with Gasteiger partial charge in [-0.1, -0.05) is 61.0 Å². The molecule has 3 aromatic carbocycles. The maximum Gasteiger partial charge on any atom is 0.298 e. The van der Waals surface area contributed by atoms with Gasteiger partial charge in [-0.2, -0.15) is 0 Å². The minimum absolute atomic E-state index is 0.279. The normalized spacial score (nSPS) is 15.0. The lowest BCUT2D eigenvalue weighted by atomic mass is 10.1. The highest BCUT2D eigenvalue weighted by Gasteiger charge is 2.36. The first-order valence-corrected chi connectivity index (χ1v) is 11.0. The Hall–Kier alpha value is -3.31. The third kappa shape index (κ3) is 4.89. The van der Waals surface area contributed by atoms with Crippen molar-refractivity contribution in [3.05, 3.63) is 100.0 Å². The van der Waals surface area contributed by atoms with Crippen molar-refractivity contribution in [2.24, 2.45) is 0 Å². The number of thioether (sulfide) groups is 1. The zero-order valence-electron chi connectivity index (χ0n) is 17.5. The Kier molecular flexibility index (Phi) is 6.23. The number of carbonyl (C=O) groups is 2. The van der Waals surface area contributed by atoms with E-state index in [1.807, 2.05) is 48.5 Å². The number of imide groups is 1. The number of ether oxygens (including phenoxy) is 1. The molecule has 0 saturated carbocycles. The topological polar surface area (TPSA) is 46.6 Å². The number of rotatable bonds is 6. The third-order valence-corrected chi connectivity index (χ3v) is 5.97. The minimum Gasteiger partial charge on any atom is -0.489 e. The van der Waals surface area contributed by atoms with Gasteiger partial charge in [0.25, 0.3) is 11.1 Å². The van der Waals surface area contributed by atoms with Crippen molar-refractivity contribution >= 4 is 34.7 Å². The van der Waals surface area contributed by atoms with Gasteiger partial charge in [0.2, 0.25) is 0 Å². The largest absolute Gasteiger partial charge is 0.489 e. The SMILES string of the molecule is CCc1ccc(N2C(=O)S/C(=C\c3ccc(OCc4ccc(C)cc4)cc3)C2=O)cc1. The molecule has 2 amide bonds. The van der Waals surface area contributed by atoms with Gasteiger partial charge in [0, 0.05) is 0 Å². The van der Waals surface area contributed by atoms with Gasteiger partial charge < -0.3 is 4.74 Å². The molecule has 4 rings (SSSR count). The second-order valence-corrected chi connectivity index (χ2v) is 8.37. The van der Waals surface area contributed by atoms with Crippen LogP contribution in [0.5, 0.6) is 5.75 Å². The van der Waals surface area contributed by atoms with E-state index in [2.05, 4.69) is 38.1 Å². The summed E-state index contributed by atoms with van der Waals surface area (Å²) in [5.41, 5.74) is 4.93. The number of hydrogen-bond donors (Lipinski definition) is 0. The summed E-state index contributed by atoms with van der Waals surface area (Å²) in [6.07, 6.45) is 2.65. The zero-order valence-corrected chi connectivity index (χ0v) is 18.3. The molecular weight excluding hydrogens is 406 g/mol. The van der Waals surface area contributed by atoms with Crippen molar-refractivity contribution in [2.45, 2.75) is 26.9 Å². The van der Waals surface area contributed by atoms with Crippen molar-refractivity contribution in [3.8, 4) is 5.75 Å². The van der Waals surface area contributed by atoms with E-state index < -0.39 is 0 Å². The summed E-state index contributed by atoms with van der Waals surface area (Å²) in [5.74, 6) is 0.459. The highest BCUT2D eigenvalue weighted by molar-refractivity contribution is 8.19. The number of aryl methyl sites for hydroxylation is 2. The lowest BCUT2D eigenvalue weighted by molar-refractivity contribution is -0.113. The molecule has 0 unspecified atom stereocenters. The molecule has 0 atom stereocenters. The molecule has 4 nitrogen and oxygen atoms in total. The smallest absolute Gasteiger partial charge is 0.298 e. The van der Waals surface area contributed by atoms with E-state index in [1.165, 1.54) is 10.5 Å². The fourth-order valence-corrected chi connectivity index (χ4v) is 4.08. The highest BCUT2D eigenvalue weighted by atomic mass is 32.2. The summed E-state index contributed by atoms with van der Waals surface area (Å²) in [7, 11) is 0. The molecule has 3 aromatic rings. The molecule has 5 heteroatoms. The van der Waals surface area contributed by atoms with Crippen LogP contribution in [0, 0.1) is 6.92 Å². The Morgan fingerprint density at radius 3 is 2.16 bits per heavy atom. The first kappa shape index (κ1) is 20.9. The molecule has 1 aliphatic rings. The van der Waals surface area contributed by atoms with Gasteiger partial charge in [0.15, 0.2) is 0 Å². The molecule has 0 radical (unpaired) electrons. The van der Waals surface area contributed by atoms with Crippen molar-refractivity contribution < 1.29 is 14.3 Å². The van der Waals surface area contributed by atoms with Gasteiger partial charge in [0.1, 0.15) is 12.4 Å². The lowest BCUT2D eigenvalue weighted by Gasteiger charge is -2.12. The second kappa shape index (κ2) is 9.23. The van der Waals surface area contributed by atoms with E-state index in [9.17, 15) is 9.59 Å². The van der Waals surface area contributed by atoms with Crippen LogP contribution in [0.3, 0.4) is 0 Å². The average Bonchev–Trinajstić information content (AvgIpc) is 3.07. The molecule has 1 heterocycles. The number of carbonyl (C=O) groups excluding carboxylic acids is 2. The molecule has 0 bridgehead atoms. The van der Waals surface area contributed by atoms with Crippen LogP contribution < -0.4 is 9.64 Å². The summed E-state index contributed by atoms with van der Waals surface area (Å²) in [6, 6.07) is 23.3. The second-order valence-electron chi connectivity index (χ2n) is 7.38. The van der Waals surface area contributed by atoms with Crippen LogP contribution in [0.25, 0.3) is 6.08 Å². The molecule has 1 aliphatic heterocycles. The average molecular weight is 430 g/mol. The van der Waals surface area contributed by atoms with Crippen LogP contribution in [0.1, 0.15) is 29.2 Å². The zero-order chi connectivity index (χ0) is 21.8. The highest BCUT2D eigenvalue weighted by Crippen LogP contribution is 2.36. The van der Waals surface area contributed by atoms with Crippen LogP contribution in [-0.2, 0) is 17.8 Å². The molecule has 0 aliphatic carbocycles. The molecule has 31 heavy (non-hydrogen) atoms. The molecule has 0 spiro atoms. The Labute approximate surface area is 186 Å². The predicted octanol–water partition coefficient (Wildman–Crippen LogP) is 6.38. The molecule has 0 N–H and O–H groups in total. The number of benzene rings is 3. The van der Waals surface area contributed by atoms with Gasteiger partial charge in [-0.25, -0.2) is 4.90 Å². The molecule has 1 fully saturated rings. The van der Waals surface area contributed by atoms with E-state index in [4.69, 9.17) is 4.74 Å².